The Kier molecular flexibility index (Phi) is 3.95. The van der Waals surface area contributed by atoms with Crippen molar-refractivity contribution in [2.75, 3.05) is 6.61 Å². The maximum absolute atomic E-state index is 14.8. The van der Waals surface area contributed by atoms with Gasteiger partial charge in [0.2, 0.25) is 0 Å². The van der Waals surface area contributed by atoms with Crippen LogP contribution in [-0.4, -0.2) is 33.8 Å². The molecule has 2 aromatic rings. The minimum atomic E-state index is -1.00. The fourth-order valence-electron chi connectivity index (χ4n) is 4.58. The van der Waals surface area contributed by atoms with Gasteiger partial charge in [-0.25, -0.2) is 9.37 Å². The molecule has 5 rings (SSSR count). The van der Waals surface area contributed by atoms with Gasteiger partial charge in [0.15, 0.2) is 0 Å². The molecule has 6 heteroatoms. The molecule has 1 N–H and O–H groups in total. The second kappa shape index (κ2) is 6.36. The summed E-state index contributed by atoms with van der Waals surface area (Å²) in [6, 6.07) is 7.84. The Bertz CT molecular complexity index is 874. The number of hydrogen-bond donors (Lipinski definition) is 1. The minimum Gasteiger partial charge on any atom is -0.491 e. The number of rotatable bonds is 3. The molecule has 1 aromatic carbocycles. The summed E-state index contributed by atoms with van der Waals surface area (Å²) in [5.74, 6) is 1.65. The van der Waals surface area contributed by atoms with Crippen LogP contribution in [0, 0.1) is 5.92 Å². The van der Waals surface area contributed by atoms with E-state index in [9.17, 15) is 9.18 Å². The normalized spacial score (nSPS) is 25.5. The summed E-state index contributed by atoms with van der Waals surface area (Å²) in [6.07, 6.45) is 6.45. The predicted octanol–water partition coefficient (Wildman–Crippen LogP) is 3.07. The van der Waals surface area contributed by atoms with Crippen molar-refractivity contribution in [3.63, 3.8) is 0 Å². The van der Waals surface area contributed by atoms with E-state index in [0.29, 0.717) is 31.7 Å². The molecule has 0 saturated heterocycles. The van der Waals surface area contributed by atoms with Crippen LogP contribution in [0.4, 0.5) is 4.39 Å². The summed E-state index contributed by atoms with van der Waals surface area (Å²) in [5, 5.41) is 3.04. The zero-order valence-corrected chi connectivity index (χ0v) is 15.3. The minimum absolute atomic E-state index is 0.0482. The third kappa shape index (κ3) is 3.01. The largest absolute Gasteiger partial charge is 0.491 e. The SMILES string of the molecule is O=C(N[C@H]1COc2ccccc2C1)c1cn2c(n1)CCC(C1(F)CCC1)C2. The van der Waals surface area contributed by atoms with Gasteiger partial charge in [0.05, 0.1) is 6.04 Å². The number of benzene rings is 1. The number of ether oxygens (including phenoxy) is 1. The highest BCUT2D eigenvalue weighted by Gasteiger charge is 2.45. The van der Waals surface area contributed by atoms with Crippen LogP contribution in [0.1, 0.15) is 47.6 Å². The van der Waals surface area contributed by atoms with Crippen molar-refractivity contribution in [1.82, 2.24) is 14.9 Å². The average molecular weight is 369 g/mol. The number of para-hydroxylation sites is 1. The Hall–Kier alpha value is -2.37. The van der Waals surface area contributed by atoms with Gasteiger partial charge in [-0.05, 0) is 43.7 Å². The smallest absolute Gasteiger partial charge is 0.271 e. The predicted molar refractivity (Wildman–Crippen MR) is 98.6 cm³/mol. The van der Waals surface area contributed by atoms with Gasteiger partial charge in [0, 0.05) is 25.1 Å². The first-order valence-electron chi connectivity index (χ1n) is 9.87. The van der Waals surface area contributed by atoms with Gasteiger partial charge in [-0.3, -0.25) is 4.79 Å². The fourth-order valence-corrected chi connectivity index (χ4v) is 4.58. The number of aryl methyl sites for hydroxylation is 1. The van der Waals surface area contributed by atoms with Gasteiger partial charge < -0.3 is 14.6 Å². The molecular weight excluding hydrogens is 345 g/mol. The maximum Gasteiger partial charge on any atom is 0.271 e. The number of amides is 1. The number of nitrogens with one attached hydrogen (secondary N) is 1. The molecule has 1 saturated carbocycles. The van der Waals surface area contributed by atoms with Crippen molar-refractivity contribution < 1.29 is 13.9 Å². The molecular formula is C21H24FN3O2. The average Bonchev–Trinajstić information content (AvgIpc) is 3.09. The van der Waals surface area contributed by atoms with Crippen molar-refractivity contribution in [2.24, 2.45) is 5.92 Å². The van der Waals surface area contributed by atoms with Crippen LogP contribution in [0.2, 0.25) is 0 Å². The number of alkyl halides is 1. The maximum atomic E-state index is 14.8. The van der Waals surface area contributed by atoms with Crippen LogP contribution < -0.4 is 10.1 Å². The molecule has 0 radical (unpaired) electrons. The molecule has 142 valence electrons. The van der Waals surface area contributed by atoms with E-state index in [0.717, 1.165) is 42.8 Å². The summed E-state index contributed by atoms with van der Waals surface area (Å²) in [6.45, 7) is 1.09. The van der Waals surface area contributed by atoms with E-state index in [1.54, 1.807) is 6.20 Å². The van der Waals surface area contributed by atoms with Crippen LogP contribution in [-0.2, 0) is 19.4 Å². The van der Waals surface area contributed by atoms with Gasteiger partial charge in [-0.15, -0.1) is 0 Å². The number of fused-ring (bicyclic) bond motifs is 2. The molecule has 1 fully saturated rings. The lowest BCUT2D eigenvalue weighted by molar-refractivity contribution is -0.0171. The highest BCUT2D eigenvalue weighted by Crippen LogP contribution is 2.45. The molecule has 5 nitrogen and oxygen atoms in total. The second-order valence-corrected chi connectivity index (χ2v) is 8.11. The lowest BCUT2D eigenvalue weighted by Gasteiger charge is -2.42. The standard InChI is InChI=1S/C21H24FN3O2/c22-21(8-3-9-21)15-6-7-19-24-17(12-25(19)11-15)20(26)23-16-10-14-4-1-2-5-18(14)27-13-16/h1-2,4-5,12,15-16H,3,6-11,13H2,(H,23,26)/t15?,16-/m1/s1. The van der Waals surface area contributed by atoms with Gasteiger partial charge in [-0.2, -0.15) is 0 Å². The van der Waals surface area contributed by atoms with Crippen LogP contribution >= 0.6 is 0 Å². The Balaban J connectivity index is 1.26. The second-order valence-electron chi connectivity index (χ2n) is 8.11. The van der Waals surface area contributed by atoms with Crippen LogP contribution in [0.3, 0.4) is 0 Å². The van der Waals surface area contributed by atoms with Crippen molar-refractivity contribution in [3.05, 3.63) is 47.5 Å². The Labute approximate surface area is 157 Å². The summed E-state index contributed by atoms with van der Waals surface area (Å²) >= 11 is 0. The molecule has 1 aliphatic carbocycles. The molecule has 0 bridgehead atoms. The molecule has 1 aromatic heterocycles. The van der Waals surface area contributed by atoms with E-state index in [1.807, 2.05) is 28.8 Å². The van der Waals surface area contributed by atoms with Gasteiger partial charge in [0.1, 0.15) is 29.5 Å². The van der Waals surface area contributed by atoms with Crippen LogP contribution in [0.15, 0.2) is 30.5 Å². The summed E-state index contributed by atoms with van der Waals surface area (Å²) in [5.41, 5.74) is 0.526. The van der Waals surface area contributed by atoms with E-state index >= 15 is 0 Å². The van der Waals surface area contributed by atoms with Crippen molar-refractivity contribution >= 4 is 5.91 Å². The number of nitrogens with zero attached hydrogens (tertiary/aromatic N) is 2. The molecule has 2 atom stereocenters. The first-order chi connectivity index (χ1) is 13.1. The lowest BCUT2D eigenvalue weighted by Crippen LogP contribution is -2.44. The summed E-state index contributed by atoms with van der Waals surface area (Å²) in [4.78, 5) is 17.2. The third-order valence-electron chi connectivity index (χ3n) is 6.36. The summed E-state index contributed by atoms with van der Waals surface area (Å²) in [7, 11) is 0. The van der Waals surface area contributed by atoms with E-state index in [4.69, 9.17) is 4.74 Å². The molecule has 3 aliphatic rings. The van der Waals surface area contributed by atoms with Crippen molar-refractivity contribution in [3.8, 4) is 5.75 Å². The quantitative estimate of drug-likeness (QED) is 0.905. The van der Waals surface area contributed by atoms with Gasteiger partial charge >= 0.3 is 0 Å². The molecule has 2 aliphatic heterocycles. The van der Waals surface area contributed by atoms with Crippen LogP contribution in [0.5, 0.6) is 5.75 Å². The molecule has 0 spiro atoms. The van der Waals surface area contributed by atoms with Gasteiger partial charge in [0.25, 0.3) is 5.91 Å². The monoisotopic (exact) mass is 369 g/mol. The van der Waals surface area contributed by atoms with Gasteiger partial charge in [-0.1, -0.05) is 18.2 Å². The Morgan fingerprint density at radius 2 is 2.19 bits per heavy atom. The third-order valence-corrected chi connectivity index (χ3v) is 6.36. The molecule has 1 unspecified atom stereocenters. The number of carbonyl (C=O) groups excluding carboxylic acids is 1. The lowest BCUT2D eigenvalue weighted by atomic mass is 9.70. The Morgan fingerprint density at radius 1 is 1.33 bits per heavy atom. The highest BCUT2D eigenvalue weighted by atomic mass is 19.1. The van der Waals surface area contributed by atoms with Crippen molar-refractivity contribution in [1.29, 1.82) is 0 Å². The fraction of sp³-hybridized carbons (Fsp3) is 0.524. The Morgan fingerprint density at radius 3 is 3.00 bits per heavy atom. The first kappa shape index (κ1) is 16.8. The van der Waals surface area contributed by atoms with E-state index in [2.05, 4.69) is 10.3 Å². The topological polar surface area (TPSA) is 56.1 Å². The van der Waals surface area contributed by atoms with Crippen molar-refractivity contribution in [2.45, 2.75) is 56.8 Å². The first-order valence-corrected chi connectivity index (χ1v) is 9.87. The van der Waals surface area contributed by atoms with Crippen LogP contribution in [0.25, 0.3) is 0 Å². The zero-order chi connectivity index (χ0) is 18.4. The molecule has 3 heterocycles. The number of carbonyl (C=O) groups is 1. The molecule has 27 heavy (non-hydrogen) atoms. The molecule has 1 amide bonds. The zero-order valence-electron chi connectivity index (χ0n) is 15.3. The number of aromatic nitrogens is 2. The van der Waals surface area contributed by atoms with E-state index < -0.39 is 5.67 Å². The summed E-state index contributed by atoms with van der Waals surface area (Å²) < 4.78 is 22.5. The highest BCUT2D eigenvalue weighted by molar-refractivity contribution is 5.92. The number of hydrogen-bond acceptors (Lipinski definition) is 3. The number of imidazole rings is 1. The van der Waals surface area contributed by atoms with E-state index in [1.165, 1.54) is 0 Å². The van der Waals surface area contributed by atoms with E-state index in [-0.39, 0.29) is 17.9 Å². The number of halogens is 1.